The molecular formula is C17H31N3S. The maximum absolute atomic E-state index is 4.69. The Labute approximate surface area is 134 Å². The van der Waals surface area contributed by atoms with E-state index in [-0.39, 0.29) is 0 Å². The summed E-state index contributed by atoms with van der Waals surface area (Å²) in [5.41, 5.74) is 3.65. The first-order valence-electron chi connectivity index (χ1n) is 8.04. The van der Waals surface area contributed by atoms with Gasteiger partial charge in [-0.2, -0.15) is 11.8 Å². The topological polar surface area (TPSA) is 37.8 Å². The van der Waals surface area contributed by atoms with Crippen LogP contribution in [0.15, 0.2) is 0 Å². The van der Waals surface area contributed by atoms with Gasteiger partial charge in [-0.3, -0.25) is 0 Å². The number of hydrogen-bond acceptors (Lipinski definition) is 4. The van der Waals surface area contributed by atoms with Crippen LogP contribution in [0.3, 0.4) is 0 Å². The van der Waals surface area contributed by atoms with E-state index in [2.05, 4.69) is 46.9 Å². The van der Waals surface area contributed by atoms with Crippen LogP contribution in [0.5, 0.6) is 0 Å². The van der Waals surface area contributed by atoms with Crippen molar-refractivity contribution in [3.63, 3.8) is 0 Å². The number of thioether (sulfide) groups is 1. The molecule has 3 nitrogen and oxygen atoms in total. The highest BCUT2D eigenvalue weighted by Gasteiger charge is 2.09. The van der Waals surface area contributed by atoms with Crippen molar-refractivity contribution in [3.8, 4) is 0 Å². The van der Waals surface area contributed by atoms with E-state index in [9.17, 15) is 0 Å². The van der Waals surface area contributed by atoms with Crippen molar-refractivity contribution in [2.75, 3.05) is 12.3 Å². The lowest BCUT2D eigenvalue weighted by molar-refractivity contribution is 0.569. The van der Waals surface area contributed by atoms with E-state index in [0.717, 1.165) is 48.3 Å². The van der Waals surface area contributed by atoms with Crippen molar-refractivity contribution in [3.05, 3.63) is 22.8 Å². The first-order chi connectivity index (χ1) is 9.90. The standard InChI is InChI=1S/C17H31N3S/c1-12(2)10-21-11-17-19-14(5)16(15(6)20-17)8-7-9-18-13(3)4/h12-13,18H,7-11H2,1-6H3. The predicted molar refractivity (Wildman–Crippen MR) is 94.0 cm³/mol. The fourth-order valence-electron chi connectivity index (χ4n) is 2.28. The quantitative estimate of drug-likeness (QED) is 0.702. The Kier molecular flexibility index (Phi) is 8.27. The summed E-state index contributed by atoms with van der Waals surface area (Å²) in [4.78, 5) is 9.38. The van der Waals surface area contributed by atoms with Crippen molar-refractivity contribution < 1.29 is 0 Å². The van der Waals surface area contributed by atoms with Crippen molar-refractivity contribution in [2.24, 2.45) is 5.92 Å². The molecule has 0 aliphatic carbocycles. The van der Waals surface area contributed by atoms with Crippen LogP contribution >= 0.6 is 11.8 Å². The van der Waals surface area contributed by atoms with Gasteiger partial charge in [-0.25, -0.2) is 9.97 Å². The van der Waals surface area contributed by atoms with Crippen molar-refractivity contribution in [1.82, 2.24) is 15.3 Å². The fourth-order valence-corrected chi connectivity index (χ4v) is 3.18. The Morgan fingerprint density at radius 1 is 1.05 bits per heavy atom. The van der Waals surface area contributed by atoms with Gasteiger partial charge in [0, 0.05) is 17.4 Å². The predicted octanol–water partition coefficient (Wildman–Crippen LogP) is 3.91. The molecular weight excluding hydrogens is 278 g/mol. The van der Waals surface area contributed by atoms with Gasteiger partial charge in [0.1, 0.15) is 5.82 Å². The van der Waals surface area contributed by atoms with Crippen molar-refractivity contribution in [1.29, 1.82) is 0 Å². The zero-order valence-electron chi connectivity index (χ0n) is 14.5. The molecule has 0 aliphatic rings. The molecule has 1 N–H and O–H groups in total. The van der Waals surface area contributed by atoms with Crippen LogP contribution in [-0.4, -0.2) is 28.3 Å². The van der Waals surface area contributed by atoms with Gasteiger partial charge in [0.2, 0.25) is 0 Å². The van der Waals surface area contributed by atoms with E-state index in [1.807, 2.05) is 11.8 Å². The van der Waals surface area contributed by atoms with Gasteiger partial charge in [-0.05, 0) is 50.5 Å². The lowest BCUT2D eigenvalue weighted by atomic mass is 10.1. The molecule has 21 heavy (non-hydrogen) atoms. The van der Waals surface area contributed by atoms with Crippen LogP contribution < -0.4 is 5.32 Å². The molecule has 0 aliphatic heterocycles. The molecule has 0 saturated carbocycles. The molecule has 0 radical (unpaired) electrons. The third kappa shape index (κ3) is 7.28. The van der Waals surface area contributed by atoms with Gasteiger partial charge in [0.05, 0.1) is 5.75 Å². The molecule has 1 rings (SSSR count). The average Bonchev–Trinajstić information content (AvgIpc) is 2.36. The largest absolute Gasteiger partial charge is 0.315 e. The normalized spacial score (nSPS) is 11.6. The highest BCUT2D eigenvalue weighted by atomic mass is 32.2. The summed E-state index contributed by atoms with van der Waals surface area (Å²) >= 11 is 1.93. The van der Waals surface area contributed by atoms with Crippen LogP contribution in [0.25, 0.3) is 0 Å². The second-order valence-electron chi connectivity index (χ2n) is 6.41. The number of aromatic nitrogens is 2. The van der Waals surface area contributed by atoms with Crippen LogP contribution in [0.2, 0.25) is 0 Å². The Hall–Kier alpha value is -0.610. The smallest absolute Gasteiger partial charge is 0.138 e. The van der Waals surface area contributed by atoms with Crippen LogP contribution in [0.1, 0.15) is 56.9 Å². The van der Waals surface area contributed by atoms with E-state index < -0.39 is 0 Å². The summed E-state index contributed by atoms with van der Waals surface area (Å²) < 4.78 is 0. The summed E-state index contributed by atoms with van der Waals surface area (Å²) in [6.07, 6.45) is 2.21. The highest BCUT2D eigenvalue weighted by molar-refractivity contribution is 7.98. The average molecular weight is 310 g/mol. The number of aryl methyl sites for hydroxylation is 2. The molecule has 0 fully saturated rings. The molecule has 4 heteroatoms. The molecule has 1 heterocycles. The molecule has 1 aromatic rings. The number of rotatable bonds is 9. The Morgan fingerprint density at radius 2 is 1.67 bits per heavy atom. The van der Waals surface area contributed by atoms with E-state index in [4.69, 9.17) is 9.97 Å². The minimum absolute atomic E-state index is 0.559. The van der Waals surface area contributed by atoms with Gasteiger partial charge in [0.15, 0.2) is 0 Å². The second-order valence-corrected chi connectivity index (χ2v) is 7.44. The van der Waals surface area contributed by atoms with Crippen molar-refractivity contribution in [2.45, 2.75) is 66.2 Å². The molecule has 0 amide bonds. The van der Waals surface area contributed by atoms with Gasteiger partial charge in [-0.15, -0.1) is 0 Å². The second kappa shape index (κ2) is 9.42. The van der Waals surface area contributed by atoms with E-state index >= 15 is 0 Å². The summed E-state index contributed by atoms with van der Waals surface area (Å²) in [7, 11) is 0. The maximum atomic E-state index is 4.69. The van der Waals surface area contributed by atoms with Gasteiger partial charge >= 0.3 is 0 Å². The number of nitrogens with zero attached hydrogens (tertiary/aromatic N) is 2. The zero-order chi connectivity index (χ0) is 15.8. The fraction of sp³-hybridized carbons (Fsp3) is 0.765. The van der Waals surface area contributed by atoms with Crippen LogP contribution in [0.4, 0.5) is 0 Å². The van der Waals surface area contributed by atoms with Crippen LogP contribution in [-0.2, 0) is 12.2 Å². The Morgan fingerprint density at radius 3 is 2.19 bits per heavy atom. The molecule has 0 spiro atoms. The maximum Gasteiger partial charge on any atom is 0.138 e. The number of hydrogen-bond donors (Lipinski definition) is 1. The monoisotopic (exact) mass is 309 g/mol. The van der Waals surface area contributed by atoms with E-state index in [1.165, 1.54) is 11.3 Å². The summed E-state index contributed by atoms with van der Waals surface area (Å²) in [6.45, 7) is 14.2. The molecule has 1 aromatic heterocycles. The summed E-state index contributed by atoms with van der Waals surface area (Å²) in [5, 5.41) is 3.46. The van der Waals surface area contributed by atoms with Gasteiger partial charge in [0.25, 0.3) is 0 Å². The Balaban J connectivity index is 2.54. The molecule has 0 bridgehead atoms. The molecule has 0 atom stereocenters. The molecule has 120 valence electrons. The van der Waals surface area contributed by atoms with Crippen molar-refractivity contribution >= 4 is 11.8 Å². The first kappa shape index (κ1) is 18.4. The first-order valence-corrected chi connectivity index (χ1v) is 9.19. The summed E-state index contributed by atoms with van der Waals surface area (Å²) in [5.74, 6) is 3.81. The third-order valence-corrected chi connectivity index (χ3v) is 4.67. The SMILES string of the molecule is Cc1nc(CSCC(C)C)nc(C)c1CCCNC(C)C. The van der Waals surface area contributed by atoms with Gasteiger partial charge < -0.3 is 5.32 Å². The zero-order valence-corrected chi connectivity index (χ0v) is 15.3. The summed E-state index contributed by atoms with van der Waals surface area (Å²) in [6, 6.07) is 0.559. The third-order valence-electron chi connectivity index (χ3n) is 3.31. The number of nitrogens with one attached hydrogen (secondary N) is 1. The molecule has 0 unspecified atom stereocenters. The lowest BCUT2D eigenvalue weighted by Gasteiger charge is -2.12. The molecule has 0 saturated heterocycles. The minimum atomic E-state index is 0.559. The van der Waals surface area contributed by atoms with E-state index in [0.29, 0.717) is 6.04 Å². The van der Waals surface area contributed by atoms with Crippen LogP contribution in [0, 0.1) is 19.8 Å². The minimum Gasteiger partial charge on any atom is -0.315 e. The Bertz CT molecular complexity index is 407. The highest BCUT2D eigenvalue weighted by Crippen LogP contribution is 2.17. The molecule has 0 aromatic carbocycles. The van der Waals surface area contributed by atoms with E-state index in [1.54, 1.807) is 0 Å². The van der Waals surface area contributed by atoms with Gasteiger partial charge in [-0.1, -0.05) is 27.7 Å². The lowest BCUT2D eigenvalue weighted by Crippen LogP contribution is -2.24.